The van der Waals surface area contributed by atoms with Crippen LogP contribution in [0.4, 0.5) is 0 Å². The predicted octanol–water partition coefficient (Wildman–Crippen LogP) is 2.25. The molecule has 1 aromatic carbocycles. The van der Waals surface area contributed by atoms with Crippen molar-refractivity contribution < 1.29 is 9.47 Å². The second-order valence-corrected chi connectivity index (χ2v) is 4.77. The van der Waals surface area contributed by atoms with Crippen LogP contribution in [0.15, 0.2) is 16.6 Å². The first-order valence-corrected chi connectivity index (χ1v) is 5.93. The first-order valence-electron chi connectivity index (χ1n) is 5.14. The average Bonchev–Trinajstić information content (AvgIpc) is 2.85. The van der Waals surface area contributed by atoms with E-state index in [0.717, 1.165) is 29.1 Å². The molecule has 0 saturated carbocycles. The summed E-state index contributed by atoms with van der Waals surface area (Å²) in [6.45, 7) is 2.50. The number of fused-ring (bicyclic) bond motifs is 1. The molecule has 1 N–H and O–H groups in total. The molecule has 1 atom stereocenters. The molecular weight excluding hydrogens is 258 g/mol. The van der Waals surface area contributed by atoms with E-state index in [2.05, 4.69) is 27.3 Å². The zero-order valence-corrected chi connectivity index (χ0v) is 9.84. The molecule has 15 heavy (non-hydrogen) atoms. The Morgan fingerprint density at radius 3 is 2.80 bits per heavy atom. The lowest BCUT2D eigenvalue weighted by Crippen LogP contribution is -2.08. The van der Waals surface area contributed by atoms with Gasteiger partial charge in [0.1, 0.15) is 0 Å². The number of nitrogens with one attached hydrogen (secondary N) is 1. The maximum Gasteiger partial charge on any atom is 0.231 e. The van der Waals surface area contributed by atoms with Crippen molar-refractivity contribution in [1.82, 2.24) is 5.32 Å². The fraction of sp³-hybridized carbons (Fsp3) is 0.455. The van der Waals surface area contributed by atoms with Gasteiger partial charge >= 0.3 is 0 Å². The molecule has 1 saturated heterocycles. The summed E-state index contributed by atoms with van der Waals surface area (Å²) in [5.74, 6) is 2.31. The van der Waals surface area contributed by atoms with Gasteiger partial charge in [-0.25, -0.2) is 0 Å². The van der Waals surface area contributed by atoms with Gasteiger partial charge in [0.05, 0.1) is 0 Å². The molecule has 0 aromatic heterocycles. The van der Waals surface area contributed by atoms with Gasteiger partial charge in [-0.3, -0.25) is 0 Å². The van der Waals surface area contributed by atoms with Crippen molar-refractivity contribution >= 4 is 15.9 Å². The van der Waals surface area contributed by atoms with Crippen molar-refractivity contribution in [1.29, 1.82) is 0 Å². The molecule has 0 radical (unpaired) electrons. The molecule has 3 rings (SSSR count). The second-order valence-electron chi connectivity index (χ2n) is 3.92. The number of rotatable bonds is 1. The van der Waals surface area contributed by atoms with E-state index < -0.39 is 0 Å². The summed E-state index contributed by atoms with van der Waals surface area (Å²) in [4.78, 5) is 0. The van der Waals surface area contributed by atoms with Crippen LogP contribution in [0.5, 0.6) is 11.5 Å². The van der Waals surface area contributed by atoms with Gasteiger partial charge in [0.2, 0.25) is 6.79 Å². The molecule has 0 bridgehead atoms. The predicted molar refractivity (Wildman–Crippen MR) is 60.5 cm³/mol. The lowest BCUT2D eigenvalue weighted by molar-refractivity contribution is 0.174. The van der Waals surface area contributed by atoms with E-state index in [1.165, 1.54) is 12.0 Å². The summed E-state index contributed by atoms with van der Waals surface area (Å²) in [6.07, 6.45) is 1.19. The van der Waals surface area contributed by atoms with Gasteiger partial charge in [-0.05, 0) is 36.6 Å². The maximum atomic E-state index is 5.39. The Morgan fingerprint density at radius 1 is 1.27 bits per heavy atom. The fourth-order valence-electron chi connectivity index (χ4n) is 2.17. The molecule has 1 unspecified atom stereocenters. The van der Waals surface area contributed by atoms with Gasteiger partial charge in [-0.1, -0.05) is 15.9 Å². The van der Waals surface area contributed by atoms with Crippen molar-refractivity contribution in [2.45, 2.75) is 12.3 Å². The second kappa shape index (κ2) is 3.68. The van der Waals surface area contributed by atoms with Crippen LogP contribution in [0.1, 0.15) is 17.9 Å². The summed E-state index contributed by atoms with van der Waals surface area (Å²) in [5.41, 5.74) is 1.32. The Balaban J connectivity index is 2.00. The summed E-state index contributed by atoms with van der Waals surface area (Å²) in [5, 5.41) is 3.37. The Hall–Kier alpha value is -0.740. The van der Waals surface area contributed by atoms with E-state index >= 15 is 0 Å². The summed E-state index contributed by atoms with van der Waals surface area (Å²) in [7, 11) is 0. The molecule has 2 aliphatic heterocycles. The molecule has 1 aromatic rings. The fourth-order valence-corrected chi connectivity index (χ4v) is 2.81. The van der Waals surface area contributed by atoms with E-state index in [9.17, 15) is 0 Å². The highest BCUT2D eigenvalue weighted by Crippen LogP contribution is 2.40. The third-order valence-electron chi connectivity index (χ3n) is 2.99. The van der Waals surface area contributed by atoms with Crippen LogP contribution in [0.2, 0.25) is 0 Å². The minimum atomic E-state index is 0.341. The van der Waals surface area contributed by atoms with Crippen LogP contribution in [-0.4, -0.2) is 19.9 Å². The zero-order valence-electron chi connectivity index (χ0n) is 8.25. The van der Waals surface area contributed by atoms with Gasteiger partial charge < -0.3 is 14.8 Å². The molecule has 0 spiro atoms. The van der Waals surface area contributed by atoms with Crippen molar-refractivity contribution in [3.8, 4) is 11.5 Å². The van der Waals surface area contributed by atoms with Crippen LogP contribution < -0.4 is 14.8 Å². The van der Waals surface area contributed by atoms with Gasteiger partial charge in [0.15, 0.2) is 11.5 Å². The minimum absolute atomic E-state index is 0.341. The van der Waals surface area contributed by atoms with E-state index in [1.54, 1.807) is 0 Å². The number of hydrogen-bond acceptors (Lipinski definition) is 3. The zero-order chi connectivity index (χ0) is 10.3. The SMILES string of the molecule is Brc1cc2c(cc1C1CCNC1)OCO2. The Morgan fingerprint density at radius 2 is 2.07 bits per heavy atom. The average molecular weight is 270 g/mol. The Bertz CT molecular complexity index is 388. The van der Waals surface area contributed by atoms with Crippen LogP contribution >= 0.6 is 15.9 Å². The van der Waals surface area contributed by atoms with E-state index in [0.29, 0.717) is 12.7 Å². The quantitative estimate of drug-likeness (QED) is 0.849. The molecule has 80 valence electrons. The summed E-state index contributed by atoms with van der Waals surface area (Å²) in [6, 6.07) is 4.11. The van der Waals surface area contributed by atoms with Crippen molar-refractivity contribution in [2.75, 3.05) is 19.9 Å². The smallest absolute Gasteiger partial charge is 0.231 e. The van der Waals surface area contributed by atoms with Crippen LogP contribution in [0, 0.1) is 0 Å². The highest BCUT2D eigenvalue weighted by molar-refractivity contribution is 9.10. The van der Waals surface area contributed by atoms with Crippen LogP contribution in [0.25, 0.3) is 0 Å². The number of halogens is 1. The summed E-state index contributed by atoms with van der Waals surface area (Å²) < 4.78 is 11.8. The van der Waals surface area contributed by atoms with Gasteiger partial charge in [-0.15, -0.1) is 0 Å². The highest BCUT2D eigenvalue weighted by atomic mass is 79.9. The van der Waals surface area contributed by atoms with Gasteiger partial charge in [0, 0.05) is 11.0 Å². The minimum Gasteiger partial charge on any atom is -0.454 e. The molecule has 2 heterocycles. The van der Waals surface area contributed by atoms with Gasteiger partial charge in [-0.2, -0.15) is 0 Å². The monoisotopic (exact) mass is 269 g/mol. The first kappa shape index (κ1) is 9.48. The number of hydrogen-bond donors (Lipinski definition) is 1. The molecule has 0 aliphatic carbocycles. The lowest BCUT2D eigenvalue weighted by Gasteiger charge is -2.12. The first-order chi connectivity index (χ1) is 7.34. The molecule has 0 amide bonds. The van der Waals surface area contributed by atoms with Crippen LogP contribution in [0.3, 0.4) is 0 Å². The van der Waals surface area contributed by atoms with E-state index in [1.807, 2.05) is 6.07 Å². The van der Waals surface area contributed by atoms with Crippen molar-refractivity contribution in [3.05, 3.63) is 22.2 Å². The largest absolute Gasteiger partial charge is 0.454 e. The van der Waals surface area contributed by atoms with Crippen molar-refractivity contribution in [3.63, 3.8) is 0 Å². The topological polar surface area (TPSA) is 30.5 Å². The maximum absolute atomic E-state index is 5.39. The molecular formula is C11H12BrNO2. The van der Waals surface area contributed by atoms with E-state index in [4.69, 9.17) is 9.47 Å². The van der Waals surface area contributed by atoms with E-state index in [-0.39, 0.29) is 0 Å². The standard InChI is InChI=1S/C11H12BrNO2/c12-9-4-11-10(14-6-15-11)3-8(9)7-1-2-13-5-7/h3-4,7,13H,1-2,5-6H2. The number of benzene rings is 1. The van der Waals surface area contributed by atoms with Crippen molar-refractivity contribution in [2.24, 2.45) is 0 Å². The van der Waals surface area contributed by atoms with Crippen LogP contribution in [-0.2, 0) is 0 Å². The highest BCUT2D eigenvalue weighted by Gasteiger charge is 2.23. The third-order valence-corrected chi connectivity index (χ3v) is 3.68. The molecule has 2 aliphatic rings. The molecule has 1 fully saturated rings. The lowest BCUT2D eigenvalue weighted by atomic mass is 9.98. The Kier molecular flexibility index (Phi) is 2.33. The Labute approximate surface area is 96.9 Å². The molecule has 3 nitrogen and oxygen atoms in total. The summed E-state index contributed by atoms with van der Waals surface area (Å²) >= 11 is 3.60. The normalized spacial score (nSPS) is 23.4. The molecule has 4 heteroatoms. The third kappa shape index (κ3) is 1.62. The number of ether oxygens (including phenoxy) is 2. The van der Waals surface area contributed by atoms with Gasteiger partial charge in [0.25, 0.3) is 0 Å².